The highest BCUT2D eigenvalue weighted by Gasteiger charge is 2.19. The first-order chi connectivity index (χ1) is 10.0. The fourth-order valence-electron chi connectivity index (χ4n) is 2.31. The Labute approximate surface area is 126 Å². The molecule has 0 aromatic rings. The first-order valence-corrected chi connectivity index (χ1v) is 7.71. The summed E-state index contributed by atoms with van der Waals surface area (Å²) in [5, 5.41) is 16.2. The number of quaternary nitrogens is 1. The van der Waals surface area contributed by atoms with Crippen molar-refractivity contribution in [3.63, 3.8) is 0 Å². The lowest BCUT2D eigenvalue weighted by Gasteiger charge is -2.25. The highest BCUT2D eigenvalue weighted by Crippen LogP contribution is 2.06. The molecule has 2 amide bonds. The van der Waals surface area contributed by atoms with Gasteiger partial charge in [-0.05, 0) is 5.92 Å². The van der Waals surface area contributed by atoms with Crippen molar-refractivity contribution in [2.75, 3.05) is 39.4 Å². The molecule has 7 nitrogen and oxygen atoms in total. The number of rotatable bonds is 8. The van der Waals surface area contributed by atoms with Gasteiger partial charge in [0.15, 0.2) is 0 Å². The average Bonchev–Trinajstić information content (AvgIpc) is 2.49. The monoisotopic (exact) mass is 301 g/mol. The van der Waals surface area contributed by atoms with Gasteiger partial charge in [-0.1, -0.05) is 20.3 Å². The molecule has 0 aromatic carbocycles. The molecule has 0 unspecified atom stereocenters. The molecular weight excluding hydrogens is 274 g/mol. The largest absolute Gasteiger partial charge is 0.548 e. The summed E-state index contributed by atoms with van der Waals surface area (Å²) in [5.74, 6) is -1.39. The van der Waals surface area contributed by atoms with E-state index in [0.717, 1.165) is 39.3 Å². The maximum absolute atomic E-state index is 11.7. The number of hydrogen-bond acceptors (Lipinski definition) is 4. The number of aliphatic carboxylic acids is 1. The summed E-state index contributed by atoms with van der Waals surface area (Å²) in [5.41, 5.74) is 0. The van der Waals surface area contributed by atoms with Crippen molar-refractivity contribution in [1.82, 2.24) is 10.6 Å². The lowest BCUT2D eigenvalue weighted by atomic mass is 9.99. The molecular formula is C14H27N3O4. The van der Waals surface area contributed by atoms with E-state index >= 15 is 0 Å². The highest BCUT2D eigenvalue weighted by atomic mass is 16.5. The van der Waals surface area contributed by atoms with Crippen LogP contribution < -0.4 is 20.6 Å². The molecule has 0 aromatic heterocycles. The van der Waals surface area contributed by atoms with Gasteiger partial charge in [0.25, 0.3) is 0 Å². The van der Waals surface area contributed by atoms with Crippen molar-refractivity contribution >= 4 is 12.0 Å². The SMILES string of the molecule is CC[C@@H](C)[C@H](NC(=O)NCCC[NH+]1CCOCC1)C(=O)[O-]. The number of hydrogen-bond donors (Lipinski definition) is 3. The lowest BCUT2D eigenvalue weighted by Crippen LogP contribution is -3.14. The van der Waals surface area contributed by atoms with Gasteiger partial charge in [-0.25, -0.2) is 4.79 Å². The number of nitrogens with one attached hydrogen (secondary N) is 3. The molecule has 0 bridgehead atoms. The number of ether oxygens (including phenoxy) is 1. The lowest BCUT2D eigenvalue weighted by molar-refractivity contribution is -0.908. The molecule has 0 saturated carbocycles. The second kappa shape index (κ2) is 9.57. The zero-order chi connectivity index (χ0) is 15.7. The van der Waals surface area contributed by atoms with E-state index in [9.17, 15) is 14.7 Å². The second-order valence-electron chi connectivity index (χ2n) is 5.55. The Bertz CT molecular complexity index is 332. The first-order valence-electron chi connectivity index (χ1n) is 7.71. The van der Waals surface area contributed by atoms with Gasteiger partial charge in [-0.2, -0.15) is 0 Å². The Morgan fingerprint density at radius 2 is 2.00 bits per heavy atom. The van der Waals surface area contributed by atoms with Crippen molar-refractivity contribution in [2.45, 2.75) is 32.7 Å². The van der Waals surface area contributed by atoms with Crippen molar-refractivity contribution in [2.24, 2.45) is 5.92 Å². The first kappa shape index (κ1) is 17.7. The molecule has 1 aliphatic heterocycles. The second-order valence-corrected chi connectivity index (χ2v) is 5.55. The van der Waals surface area contributed by atoms with Crippen molar-refractivity contribution in [3.8, 4) is 0 Å². The Kier molecular flexibility index (Phi) is 8.07. The fourth-order valence-corrected chi connectivity index (χ4v) is 2.31. The van der Waals surface area contributed by atoms with Crippen LogP contribution in [0.15, 0.2) is 0 Å². The predicted octanol–water partition coefficient (Wildman–Crippen LogP) is -2.24. The van der Waals surface area contributed by atoms with Crippen molar-refractivity contribution in [3.05, 3.63) is 0 Å². The quantitative estimate of drug-likeness (QED) is 0.442. The minimum absolute atomic E-state index is 0.154. The van der Waals surface area contributed by atoms with E-state index in [1.165, 1.54) is 4.90 Å². The summed E-state index contributed by atoms with van der Waals surface area (Å²) in [6.45, 7) is 8.79. The molecule has 0 radical (unpaired) electrons. The maximum atomic E-state index is 11.7. The van der Waals surface area contributed by atoms with E-state index in [2.05, 4.69) is 10.6 Å². The molecule has 0 aliphatic carbocycles. The Balaban J connectivity index is 2.18. The summed E-state index contributed by atoms with van der Waals surface area (Å²) in [7, 11) is 0. The minimum atomic E-state index is -1.24. The van der Waals surface area contributed by atoms with E-state index in [0.29, 0.717) is 13.0 Å². The van der Waals surface area contributed by atoms with Crippen LogP contribution >= 0.6 is 0 Å². The van der Waals surface area contributed by atoms with Gasteiger partial charge >= 0.3 is 6.03 Å². The van der Waals surface area contributed by atoms with Crippen LogP contribution in [0.1, 0.15) is 26.7 Å². The topological polar surface area (TPSA) is 94.9 Å². The van der Waals surface area contributed by atoms with Crippen molar-refractivity contribution < 1.29 is 24.3 Å². The smallest absolute Gasteiger partial charge is 0.315 e. The standard InChI is InChI=1S/C14H27N3O4/c1-3-11(2)12(13(18)19)16-14(20)15-5-4-6-17-7-9-21-10-8-17/h11-12H,3-10H2,1-2H3,(H,18,19)(H2,15,16,20)/t11-,12+/m1/s1. The van der Waals surface area contributed by atoms with Crippen LogP contribution in [0, 0.1) is 5.92 Å². The van der Waals surface area contributed by atoms with E-state index in [4.69, 9.17) is 4.74 Å². The van der Waals surface area contributed by atoms with E-state index in [-0.39, 0.29) is 5.92 Å². The predicted molar refractivity (Wildman–Crippen MR) is 75.8 cm³/mol. The van der Waals surface area contributed by atoms with Gasteiger partial charge in [0.2, 0.25) is 0 Å². The highest BCUT2D eigenvalue weighted by molar-refractivity contribution is 5.81. The molecule has 1 heterocycles. The van der Waals surface area contributed by atoms with Crippen LogP contribution in [0.4, 0.5) is 4.79 Å². The molecule has 0 spiro atoms. The summed E-state index contributed by atoms with van der Waals surface area (Å²) in [6.07, 6.45) is 1.53. The Morgan fingerprint density at radius 1 is 1.33 bits per heavy atom. The third kappa shape index (κ3) is 6.77. The summed E-state index contributed by atoms with van der Waals surface area (Å²) in [4.78, 5) is 24.2. The van der Waals surface area contributed by atoms with Gasteiger partial charge in [0.1, 0.15) is 13.1 Å². The summed E-state index contributed by atoms with van der Waals surface area (Å²) in [6, 6.07) is -1.39. The molecule has 1 rings (SSSR count). The molecule has 1 fully saturated rings. The van der Waals surface area contributed by atoms with Crippen LogP contribution in [0.5, 0.6) is 0 Å². The van der Waals surface area contributed by atoms with Gasteiger partial charge < -0.3 is 30.2 Å². The number of urea groups is 1. The normalized spacial score (nSPS) is 18.8. The van der Waals surface area contributed by atoms with Crippen LogP contribution in [-0.4, -0.2) is 57.4 Å². The minimum Gasteiger partial charge on any atom is -0.548 e. The maximum Gasteiger partial charge on any atom is 0.315 e. The third-order valence-corrected chi connectivity index (χ3v) is 3.95. The van der Waals surface area contributed by atoms with Crippen LogP contribution in [0.3, 0.4) is 0 Å². The molecule has 1 saturated heterocycles. The Hall–Kier alpha value is -1.34. The molecule has 3 N–H and O–H groups in total. The molecule has 7 heteroatoms. The van der Waals surface area contributed by atoms with Crippen LogP contribution in [0.2, 0.25) is 0 Å². The van der Waals surface area contributed by atoms with Crippen LogP contribution in [-0.2, 0) is 9.53 Å². The van der Waals surface area contributed by atoms with E-state index in [1.54, 1.807) is 6.92 Å². The number of carboxylic acids is 1. The summed E-state index contributed by atoms with van der Waals surface area (Å²) < 4.78 is 5.28. The molecule has 21 heavy (non-hydrogen) atoms. The van der Waals surface area contributed by atoms with E-state index < -0.39 is 18.0 Å². The van der Waals surface area contributed by atoms with Crippen LogP contribution in [0.25, 0.3) is 0 Å². The summed E-state index contributed by atoms with van der Waals surface area (Å²) >= 11 is 0. The van der Waals surface area contributed by atoms with Gasteiger partial charge in [-0.15, -0.1) is 0 Å². The number of morpholine rings is 1. The van der Waals surface area contributed by atoms with Gasteiger partial charge in [-0.3, -0.25) is 0 Å². The zero-order valence-electron chi connectivity index (χ0n) is 12.9. The van der Waals surface area contributed by atoms with Gasteiger partial charge in [0.05, 0.1) is 31.8 Å². The number of amides is 2. The number of carbonyl (C=O) groups excluding carboxylic acids is 2. The third-order valence-electron chi connectivity index (χ3n) is 3.95. The van der Waals surface area contributed by atoms with Crippen molar-refractivity contribution in [1.29, 1.82) is 0 Å². The average molecular weight is 301 g/mol. The van der Waals surface area contributed by atoms with E-state index in [1.807, 2.05) is 6.92 Å². The van der Waals surface area contributed by atoms with Gasteiger partial charge in [0, 0.05) is 13.0 Å². The zero-order valence-corrected chi connectivity index (χ0v) is 12.9. The fraction of sp³-hybridized carbons (Fsp3) is 0.857. The molecule has 1 aliphatic rings. The Morgan fingerprint density at radius 3 is 2.57 bits per heavy atom. The number of carboxylic acid groups (broad SMARTS) is 1. The molecule has 122 valence electrons. The number of carbonyl (C=O) groups is 2. The molecule has 2 atom stereocenters.